The molecule has 1 saturated carbocycles. The largest absolute Gasteiger partial charge is 0.434 e. The fourth-order valence-corrected chi connectivity index (χ4v) is 5.23. The number of nitrogens with zero attached hydrogens (tertiary/aromatic N) is 3. The minimum atomic E-state index is -3.15. The van der Waals surface area contributed by atoms with Crippen molar-refractivity contribution in [3.63, 3.8) is 0 Å². The Morgan fingerprint density at radius 3 is 2.41 bits per heavy atom. The fourth-order valence-electron chi connectivity index (χ4n) is 5.23. The average molecular weight is 473 g/mol. The van der Waals surface area contributed by atoms with Crippen molar-refractivity contribution in [2.45, 2.75) is 39.3 Å². The third kappa shape index (κ3) is 3.93. The Hall–Kier alpha value is -3.36. The molecule has 9 heteroatoms. The smallest absolute Gasteiger partial charge is 0.387 e. The van der Waals surface area contributed by atoms with Crippen molar-refractivity contribution < 1.29 is 27.1 Å². The van der Waals surface area contributed by atoms with Gasteiger partial charge < -0.3 is 9.64 Å². The second-order valence-corrected chi connectivity index (χ2v) is 9.32. The van der Waals surface area contributed by atoms with E-state index in [0.717, 1.165) is 47.5 Å². The lowest BCUT2D eigenvalue weighted by molar-refractivity contribution is -0.0744. The first-order valence-electron chi connectivity index (χ1n) is 11.0. The predicted octanol–water partition coefficient (Wildman–Crippen LogP) is 5.52. The molecule has 0 N–H and O–H groups in total. The number of rotatable bonds is 5. The molecule has 0 unspecified atom stereocenters. The first kappa shape index (κ1) is 22.4. The van der Waals surface area contributed by atoms with Crippen LogP contribution >= 0.6 is 0 Å². The van der Waals surface area contributed by atoms with Crippen LogP contribution in [0.2, 0.25) is 0 Å². The van der Waals surface area contributed by atoms with E-state index < -0.39 is 24.1 Å². The standard InChI is InChI=1S/C25H23F4N3O2/c1-14-7-16(26)3-5-19(14)21-8-15(2)30-32(21)18-10-25(11-18)12-31(13-25)23(33)20-6-4-17(27)9-22(20)34-24(28)29/h3-9,18,24H,10-13H2,1-2H3. The summed E-state index contributed by atoms with van der Waals surface area (Å²) in [6.07, 6.45) is 1.63. The second kappa shape index (κ2) is 8.14. The Morgan fingerprint density at radius 2 is 1.74 bits per heavy atom. The van der Waals surface area contributed by atoms with E-state index in [4.69, 9.17) is 0 Å². The van der Waals surface area contributed by atoms with E-state index in [0.29, 0.717) is 13.1 Å². The zero-order chi connectivity index (χ0) is 24.2. The van der Waals surface area contributed by atoms with Crippen LogP contribution in [0.1, 0.15) is 40.5 Å². The van der Waals surface area contributed by atoms with Crippen LogP contribution in [0.15, 0.2) is 42.5 Å². The quantitative estimate of drug-likeness (QED) is 0.458. The molecular weight excluding hydrogens is 450 g/mol. The van der Waals surface area contributed by atoms with E-state index >= 15 is 0 Å². The number of carbonyl (C=O) groups excluding carboxylic acids is 1. The molecule has 5 rings (SSSR count). The third-order valence-corrected chi connectivity index (χ3v) is 6.74. The lowest BCUT2D eigenvalue weighted by Gasteiger charge is -2.59. The summed E-state index contributed by atoms with van der Waals surface area (Å²) in [6, 6.07) is 9.86. The molecule has 1 spiro atoms. The molecule has 1 amide bonds. The highest BCUT2D eigenvalue weighted by Crippen LogP contribution is 2.55. The van der Waals surface area contributed by atoms with Gasteiger partial charge in [-0.05, 0) is 68.7 Å². The van der Waals surface area contributed by atoms with E-state index in [1.54, 1.807) is 11.0 Å². The summed E-state index contributed by atoms with van der Waals surface area (Å²) in [5, 5.41) is 4.66. The number of ether oxygens (including phenoxy) is 1. The van der Waals surface area contributed by atoms with E-state index in [9.17, 15) is 22.4 Å². The minimum absolute atomic E-state index is 0.0565. The van der Waals surface area contributed by atoms with Crippen LogP contribution in [-0.4, -0.2) is 40.3 Å². The summed E-state index contributed by atoms with van der Waals surface area (Å²) in [4.78, 5) is 14.4. The highest BCUT2D eigenvalue weighted by atomic mass is 19.3. The Labute approximate surface area is 193 Å². The van der Waals surface area contributed by atoms with Crippen molar-refractivity contribution in [3.8, 4) is 17.0 Å². The van der Waals surface area contributed by atoms with Crippen LogP contribution in [-0.2, 0) is 0 Å². The van der Waals surface area contributed by atoms with E-state index in [1.165, 1.54) is 18.2 Å². The average Bonchev–Trinajstić information content (AvgIpc) is 3.06. The third-order valence-electron chi connectivity index (χ3n) is 6.74. The van der Waals surface area contributed by atoms with Crippen LogP contribution in [0.5, 0.6) is 5.75 Å². The molecule has 2 aromatic carbocycles. The van der Waals surface area contributed by atoms with Crippen molar-refractivity contribution in [1.29, 1.82) is 0 Å². The second-order valence-electron chi connectivity index (χ2n) is 9.32. The zero-order valence-electron chi connectivity index (χ0n) is 18.7. The molecule has 1 aromatic heterocycles. The maximum atomic E-state index is 13.6. The monoisotopic (exact) mass is 473 g/mol. The molecule has 5 nitrogen and oxygen atoms in total. The van der Waals surface area contributed by atoms with Crippen LogP contribution in [0.3, 0.4) is 0 Å². The Balaban J connectivity index is 1.28. The zero-order valence-corrected chi connectivity index (χ0v) is 18.7. The molecule has 1 aliphatic heterocycles. The number of benzene rings is 2. The topological polar surface area (TPSA) is 47.4 Å². The molecule has 2 fully saturated rings. The van der Waals surface area contributed by atoms with Crippen LogP contribution in [0.25, 0.3) is 11.3 Å². The first-order valence-corrected chi connectivity index (χ1v) is 11.0. The highest BCUT2D eigenvalue weighted by Gasteiger charge is 2.55. The Morgan fingerprint density at radius 1 is 1.06 bits per heavy atom. The molecule has 1 saturated heterocycles. The fraction of sp³-hybridized carbons (Fsp3) is 0.360. The van der Waals surface area contributed by atoms with Gasteiger partial charge in [0.15, 0.2) is 0 Å². The maximum Gasteiger partial charge on any atom is 0.387 e. The van der Waals surface area contributed by atoms with Crippen LogP contribution in [0, 0.1) is 30.9 Å². The van der Waals surface area contributed by atoms with Gasteiger partial charge in [0.05, 0.1) is 23.0 Å². The summed E-state index contributed by atoms with van der Waals surface area (Å²) in [5.74, 6) is -1.95. The van der Waals surface area contributed by atoms with Crippen molar-refractivity contribution in [2.75, 3.05) is 13.1 Å². The van der Waals surface area contributed by atoms with Gasteiger partial charge in [-0.3, -0.25) is 9.48 Å². The molecule has 0 bridgehead atoms. The number of hydrogen-bond acceptors (Lipinski definition) is 3. The lowest BCUT2D eigenvalue weighted by atomic mass is 9.60. The number of halogens is 4. The van der Waals surface area contributed by atoms with Crippen LogP contribution in [0.4, 0.5) is 17.6 Å². The summed E-state index contributed by atoms with van der Waals surface area (Å²) in [6.45, 7) is 1.60. The number of carbonyl (C=O) groups is 1. The van der Waals surface area contributed by atoms with Gasteiger partial charge in [0.1, 0.15) is 17.4 Å². The summed E-state index contributed by atoms with van der Waals surface area (Å²) in [7, 11) is 0. The summed E-state index contributed by atoms with van der Waals surface area (Å²) < 4.78 is 58.8. The van der Waals surface area contributed by atoms with Gasteiger partial charge in [0.25, 0.3) is 5.91 Å². The number of aromatic nitrogens is 2. The molecule has 178 valence electrons. The van der Waals surface area contributed by atoms with Crippen molar-refractivity contribution in [2.24, 2.45) is 5.41 Å². The lowest BCUT2D eigenvalue weighted by Crippen LogP contribution is -2.63. The van der Waals surface area contributed by atoms with Gasteiger partial charge in [-0.1, -0.05) is 0 Å². The molecule has 0 atom stereocenters. The molecule has 34 heavy (non-hydrogen) atoms. The van der Waals surface area contributed by atoms with Crippen molar-refractivity contribution >= 4 is 5.91 Å². The number of alkyl halides is 2. The van der Waals surface area contributed by atoms with Gasteiger partial charge in [0, 0.05) is 30.1 Å². The predicted molar refractivity (Wildman–Crippen MR) is 117 cm³/mol. The van der Waals surface area contributed by atoms with Crippen LogP contribution < -0.4 is 4.74 Å². The van der Waals surface area contributed by atoms with Crippen molar-refractivity contribution in [3.05, 3.63) is 70.9 Å². The molecule has 2 aliphatic rings. The van der Waals surface area contributed by atoms with Gasteiger partial charge in [-0.15, -0.1) is 0 Å². The number of likely N-dealkylation sites (tertiary alicyclic amines) is 1. The van der Waals surface area contributed by atoms with Crippen molar-refractivity contribution in [1.82, 2.24) is 14.7 Å². The van der Waals surface area contributed by atoms with E-state index in [2.05, 4.69) is 9.84 Å². The highest BCUT2D eigenvalue weighted by molar-refractivity contribution is 5.97. The SMILES string of the molecule is Cc1cc(-c2ccc(F)cc2C)n(C2CC3(C2)CN(C(=O)c2ccc(F)cc2OC(F)F)C3)n1. The Kier molecular flexibility index (Phi) is 5.37. The number of aryl methyl sites for hydroxylation is 2. The number of amides is 1. The van der Waals surface area contributed by atoms with Gasteiger partial charge >= 0.3 is 6.61 Å². The summed E-state index contributed by atoms with van der Waals surface area (Å²) >= 11 is 0. The number of hydrogen-bond donors (Lipinski definition) is 0. The van der Waals surface area contributed by atoms with E-state index in [-0.39, 0.29) is 22.8 Å². The molecule has 3 aromatic rings. The molecular formula is C25H23F4N3O2. The summed E-state index contributed by atoms with van der Waals surface area (Å²) in [5.41, 5.74) is 3.42. The Bertz CT molecular complexity index is 1260. The minimum Gasteiger partial charge on any atom is -0.434 e. The maximum absolute atomic E-state index is 13.6. The molecule has 2 heterocycles. The van der Waals surface area contributed by atoms with Gasteiger partial charge in [0.2, 0.25) is 0 Å². The van der Waals surface area contributed by atoms with E-state index in [1.807, 2.05) is 24.6 Å². The van der Waals surface area contributed by atoms with Gasteiger partial charge in [-0.25, -0.2) is 8.78 Å². The molecule has 0 radical (unpaired) electrons. The van der Waals surface area contributed by atoms with Gasteiger partial charge in [-0.2, -0.15) is 13.9 Å². The molecule has 1 aliphatic carbocycles. The normalized spacial score (nSPS) is 17.1. The first-order chi connectivity index (χ1) is 16.1.